The third-order valence-electron chi connectivity index (χ3n) is 4.38. The molecule has 3 atom stereocenters. The Balaban J connectivity index is 1.54. The number of carbonyl (C=O) groups is 1. The lowest BCUT2D eigenvalue weighted by atomic mass is 10.0. The van der Waals surface area contributed by atoms with Crippen LogP contribution < -0.4 is 14.8 Å². The zero-order valence-electron chi connectivity index (χ0n) is 14.9. The maximum Gasteiger partial charge on any atom is 0.348 e. The van der Waals surface area contributed by atoms with E-state index in [1.54, 1.807) is 18.2 Å². The van der Waals surface area contributed by atoms with Gasteiger partial charge in [0.05, 0.1) is 6.10 Å². The molecule has 0 amide bonds. The molecule has 1 unspecified atom stereocenters. The van der Waals surface area contributed by atoms with Gasteiger partial charge >= 0.3 is 5.97 Å². The number of nitrogens with one attached hydrogen (secondary N) is 1. The molecule has 3 rings (SSSR count). The van der Waals surface area contributed by atoms with E-state index in [4.69, 9.17) is 26.2 Å². The molecule has 0 saturated carbocycles. The highest BCUT2D eigenvalue weighted by molar-refractivity contribution is 6.30. The predicted molar refractivity (Wildman–Crippen MR) is 102 cm³/mol. The molecule has 2 aromatic carbocycles. The number of benzene rings is 2. The van der Waals surface area contributed by atoms with Crippen LogP contribution in [0.3, 0.4) is 0 Å². The van der Waals surface area contributed by atoms with Crippen LogP contribution in [-0.4, -0.2) is 41.5 Å². The van der Waals surface area contributed by atoms with Crippen molar-refractivity contribution in [2.75, 3.05) is 13.2 Å². The Labute approximate surface area is 162 Å². The van der Waals surface area contributed by atoms with Gasteiger partial charge in [0.2, 0.25) is 6.10 Å². The van der Waals surface area contributed by atoms with Crippen molar-refractivity contribution in [2.45, 2.75) is 31.6 Å². The average Bonchev–Trinajstić information content (AvgIpc) is 2.65. The first-order chi connectivity index (χ1) is 12.9. The summed E-state index contributed by atoms with van der Waals surface area (Å²) >= 11 is 5.96. The number of aliphatic hydroxyl groups is 1. The Morgan fingerprint density at radius 1 is 1.30 bits per heavy atom. The molecule has 1 aliphatic rings. The van der Waals surface area contributed by atoms with Gasteiger partial charge in [-0.15, -0.1) is 0 Å². The van der Waals surface area contributed by atoms with Gasteiger partial charge in [0.1, 0.15) is 6.61 Å². The number of hydrogen-bond acceptors (Lipinski definition) is 5. The fraction of sp³-hybridized carbons (Fsp3) is 0.350. The summed E-state index contributed by atoms with van der Waals surface area (Å²) in [4.78, 5) is 11.0. The van der Waals surface area contributed by atoms with Crippen molar-refractivity contribution in [3.63, 3.8) is 0 Å². The van der Waals surface area contributed by atoms with Gasteiger partial charge in [-0.25, -0.2) is 4.79 Å². The lowest BCUT2D eigenvalue weighted by Crippen LogP contribution is -2.36. The zero-order chi connectivity index (χ0) is 19.4. The molecule has 0 aliphatic carbocycles. The van der Waals surface area contributed by atoms with Crippen LogP contribution in [0.15, 0.2) is 42.5 Å². The van der Waals surface area contributed by atoms with Crippen LogP contribution in [0.4, 0.5) is 0 Å². The van der Waals surface area contributed by atoms with Crippen molar-refractivity contribution in [1.82, 2.24) is 5.32 Å². The van der Waals surface area contributed by atoms with Crippen molar-refractivity contribution < 1.29 is 24.5 Å². The molecular formula is C20H22ClNO5. The molecule has 0 saturated heterocycles. The molecule has 0 radical (unpaired) electrons. The van der Waals surface area contributed by atoms with Crippen molar-refractivity contribution in [2.24, 2.45) is 0 Å². The lowest BCUT2D eigenvalue weighted by molar-refractivity contribution is -0.147. The first-order valence-electron chi connectivity index (χ1n) is 8.74. The first-order valence-corrected chi connectivity index (χ1v) is 9.12. The molecule has 3 N–H and O–H groups in total. The molecule has 2 aromatic rings. The minimum atomic E-state index is -1.04. The van der Waals surface area contributed by atoms with E-state index in [0.717, 1.165) is 17.5 Å². The van der Waals surface area contributed by atoms with E-state index in [0.29, 0.717) is 23.1 Å². The fourth-order valence-corrected chi connectivity index (χ4v) is 3.13. The standard InChI is InChI=1S/C20H22ClNO5/c1-12(22-10-16(23)14-3-2-4-15(21)9-14)7-13-5-6-17-18(8-13)26-11-19(27-17)20(24)25/h2-6,8-9,12,16,19,22-23H,7,10-11H2,1H3,(H,24,25)/t12?,16-,19+/m0/s1. The number of carboxylic acids is 1. The monoisotopic (exact) mass is 391 g/mol. The summed E-state index contributed by atoms with van der Waals surface area (Å²) in [7, 11) is 0. The lowest BCUT2D eigenvalue weighted by Gasteiger charge is -2.24. The van der Waals surface area contributed by atoms with Gasteiger partial charge in [0, 0.05) is 17.6 Å². The van der Waals surface area contributed by atoms with E-state index in [-0.39, 0.29) is 12.6 Å². The minimum Gasteiger partial charge on any atom is -0.485 e. The molecule has 1 aliphatic heterocycles. The second-order valence-electron chi connectivity index (χ2n) is 6.62. The van der Waals surface area contributed by atoms with Crippen molar-refractivity contribution in [3.05, 3.63) is 58.6 Å². The molecule has 0 fully saturated rings. The summed E-state index contributed by atoms with van der Waals surface area (Å²) in [6.45, 7) is 2.43. The van der Waals surface area contributed by atoms with Crippen LogP contribution in [-0.2, 0) is 11.2 Å². The van der Waals surface area contributed by atoms with Crippen LogP contribution in [0.5, 0.6) is 11.5 Å². The normalized spacial score (nSPS) is 18.0. The van der Waals surface area contributed by atoms with E-state index < -0.39 is 18.2 Å². The van der Waals surface area contributed by atoms with Gasteiger partial charge in [-0.1, -0.05) is 29.8 Å². The molecular weight excluding hydrogens is 370 g/mol. The average molecular weight is 392 g/mol. The largest absolute Gasteiger partial charge is 0.485 e. The van der Waals surface area contributed by atoms with E-state index in [1.807, 2.05) is 31.2 Å². The molecule has 7 heteroatoms. The van der Waals surface area contributed by atoms with Crippen LogP contribution >= 0.6 is 11.6 Å². The zero-order valence-corrected chi connectivity index (χ0v) is 15.6. The van der Waals surface area contributed by atoms with E-state index >= 15 is 0 Å². The predicted octanol–water partition coefficient (Wildman–Crippen LogP) is 2.82. The van der Waals surface area contributed by atoms with Gasteiger partial charge < -0.3 is 25.0 Å². The quantitative estimate of drug-likeness (QED) is 0.672. The Hall–Kier alpha value is -2.28. The van der Waals surface area contributed by atoms with Gasteiger partial charge in [-0.2, -0.15) is 0 Å². The SMILES string of the molecule is CC(Cc1ccc2c(c1)OC[C@H](C(=O)O)O2)NC[C@H](O)c1cccc(Cl)c1. The molecule has 144 valence electrons. The van der Waals surface area contributed by atoms with Crippen molar-refractivity contribution in [3.8, 4) is 11.5 Å². The number of fused-ring (bicyclic) bond motifs is 1. The van der Waals surface area contributed by atoms with Crippen LogP contribution in [0.25, 0.3) is 0 Å². The molecule has 27 heavy (non-hydrogen) atoms. The summed E-state index contributed by atoms with van der Waals surface area (Å²) in [6, 6.07) is 12.8. The van der Waals surface area contributed by atoms with E-state index in [1.165, 1.54) is 0 Å². The summed E-state index contributed by atoms with van der Waals surface area (Å²) in [5.41, 5.74) is 1.80. The molecule has 0 bridgehead atoms. The Kier molecular flexibility index (Phi) is 6.21. The number of aliphatic carboxylic acids is 1. The van der Waals surface area contributed by atoms with Gasteiger partial charge in [-0.3, -0.25) is 0 Å². The molecule has 0 aromatic heterocycles. The highest BCUT2D eigenvalue weighted by Crippen LogP contribution is 2.33. The van der Waals surface area contributed by atoms with Crippen LogP contribution in [0.1, 0.15) is 24.2 Å². The first kappa shape index (κ1) is 19.5. The van der Waals surface area contributed by atoms with Crippen molar-refractivity contribution >= 4 is 17.6 Å². The molecule has 1 heterocycles. The van der Waals surface area contributed by atoms with E-state index in [2.05, 4.69) is 5.32 Å². The summed E-state index contributed by atoms with van der Waals surface area (Å²) in [5, 5.41) is 23.2. The number of carboxylic acid groups (broad SMARTS) is 1. The topological polar surface area (TPSA) is 88.0 Å². The molecule has 0 spiro atoms. The maximum absolute atomic E-state index is 11.0. The smallest absolute Gasteiger partial charge is 0.348 e. The third kappa shape index (κ3) is 5.13. The maximum atomic E-state index is 11.0. The highest BCUT2D eigenvalue weighted by atomic mass is 35.5. The second-order valence-corrected chi connectivity index (χ2v) is 7.06. The number of aliphatic hydroxyl groups excluding tert-OH is 1. The fourth-order valence-electron chi connectivity index (χ4n) is 2.93. The number of hydrogen-bond donors (Lipinski definition) is 3. The number of halogens is 1. The minimum absolute atomic E-state index is 0.00851. The van der Waals surface area contributed by atoms with Crippen molar-refractivity contribution in [1.29, 1.82) is 0 Å². The van der Waals surface area contributed by atoms with Gasteiger partial charge in [0.25, 0.3) is 0 Å². The Morgan fingerprint density at radius 2 is 2.11 bits per heavy atom. The number of rotatable bonds is 7. The summed E-state index contributed by atoms with van der Waals surface area (Å²) in [6.07, 6.45) is -0.891. The summed E-state index contributed by atoms with van der Waals surface area (Å²) in [5.74, 6) is -0.0497. The Bertz CT molecular complexity index is 813. The third-order valence-corrected chi connectivity index (χ3v) is 4.61. The van der Waals surface area contributed by atoms with Crippen LogP contribution in [0, 0.1) is 0 Å². The summed E-state index contributed by atoms with van der Waals surface area (Å²) < 4.78 is 10.9. The second kappa shape index (κ2) is 8.61. The van der Waals surface area contributed by atoms with Gasteiger partial charge in [0.15, 0.2) is 11.5 Å². The Morgan fingerprint density at radius 3 is 2.85 bits per heavy atom. The van der Waals surface area contributed by atoms with E-state index in [9.17, 15) is 9.90 Å². The van der Waals surface area contributed by atoms with Gasteiger partial charge in [-0.05, 0) is 48.7 Å². The number of ether oxygens (including phenoxy) is 2. The van der Waals surface area contributed by atoms with Crippen LogP contribution in [0.2, 0.25) is 5.02 Å². The molecule has 6 nitrogen and oxygen atoms in total. The highest BCUT2D eigenvalue weighted by Gasteiger charge is 2.27.